The predicted molar refractivity (Wildman–Crippen MR) is 86.4 cm³/mol. The fraction of sp³-hybridized carbons (Fsp3) is 0.444. The summed E-state index contributed by atoms with van der Waals surface area (Å²) < 4.78 is 0. The van der Waals surface area contributed by atoms with Gasteiger partial charge in [0.05, 0.1) is 5.69 Å². The first-order valence-electron chi connectivity index (χ1n) is 8.04. The van der Waals surface area contributed by atoms with Crippen LogP contribution in [0, 0.1) is 12.8 Å². The fourth-order valence-electron chi connectivity index (χ4n) is 3.24. The summed E-state index contributed by atoms with van der Waals surface area (Å²) in [6, 6.07) is 10.2. The third-order valence-electron chi connectivity index (χ3n) is 4.42. The number of hydrogen-bond acceptors (Lipinski definition) is 2. The van der Waals surface area contributed by atoms with E-state index in [9.17, 15) is 4.79 Å². The standard InChI is InChI=1S/C18H23N3O/c1-3-21(12-14-7-5-4-6-8-14)18(22)15-9-10-16-17(11-15)20-13(2)19-16/h4-8,15H,3,9-12H2,1-2H3,(H,19,20)/t15-/m0/s1. The van der Waals surface area contributed by atoms with Crippen LogP contribution in [0.3, 0.4) is 0 Å². The van der Waals surface area contributed by atoms with Crippen LogP contribution in [0.5, 0.6) is 0 Å². The molecule has 1 heterocycles. The molecule has 0 bridgehead atoms. The van der Waals surface area contributed by atoms with Crippen molar-refractivity contribution in [3.05, 3.63) is 53.1 Å². The number of nitrogens with zero attached hydrogens (tertiary/aromatic N) is 2. The number of carbonyl (C=O) groups is 1. The molecule has 1 atom stereocenters. The van der Waals surface area contributed by atoms with E-state index >= 15 is 0 Å². The molecular weight excluding hydrogens is 274 g/mol. The Bertz CT molecular complexity index is 648. The molecule has 116 valence electrons. The number of nitrogens with one attached hydrogen (secondary N) is 1. The Morgan fingerprint density at radius 2 is 2.14 bits per heavy atom. The summed E-state index contributed by atoms with van der Waals surface area (Å²) in [6.45, 7) is 5.47. The molecule has 3 rings (SSSR count). The normalized spacial score (nSPS) is 17.1. The van der Waals surface area contributed by atoms with E-state index in [4.69, 9.17) is 0 Å². The van der Waals surface area contributed by atoms with Crippen molar-refractivity contribution in [2.75, 3.05) is 6.54 Å². The first-order chi connectivity index (χ1) is 10.7. The van der Waals surface area contributed by atoms with Crippen molar-refractivity contribution in [3.63, 3.8) is 0 Å². The van der Waals surface area contributed by atoms with Gasteiger partial charge < -0.3 is 9.88 Å². The number of carbonyl (C=O) groups excluding carboxylic acids is 1. The molecule has 1 aromatic heterocycles. The van der Waals surface area contributed by atoms with Crippen molar-refractivity contribution in [1.29, 1.82) is 0 Å². The zero-order valence-electron chi connectivity index (χ0n) is 13.3. The van der Waals surface area contributed by atoms with E-state index in [1.54, 1.807) is 0 Å². The highest BCUT2D eigenvalue weighted by Gasteiger charge is 2.29. The van der Waals surface area contributed by atoms with Crippen LogP contribution >= 0.6 is 0 Å². The Morgan fingerprint density at radius 3 is 2.86 bits per heavy atom. The van der Waals surface area contributed by atoms with Crippen LogP contribution < -0.4 is 0 Å². The lowest BCUT2D eigenvalue weighted by atomic mass is 9.88. The minimum absolute atomic E-state index is 0.0796. The van der Waals surface area contributed by atoms with Gasteiger partial charge in [0.25, 0.3) is 0 Å². The van der Waals surface area contributed by atoms with Gasteiger partial charge in [-0.25, -0.2) is 4.98 Å². The molecule has 4 nitrogen and oxygen atoms in total. The highest BCUT2D eigenvalue weighted by molar-refractivity contribution is 5.79. The number of H-pyrrole nitrogens is 1. The topological polar surface area (TPSA) is 49.0 Å². The molecule has 0 saturated carbocycles. The minimum atomic E-state index is 0.0796. The number of aryl methyl sites for hydroxylation is 2. The Kier molecular flexibility index (Phi) is 4.27. The zero-order chi connectivity index (χ0) is 15.5. The second kappa shape index (κ2) is 6.34. The number of aromatic amines is 1. The van der Waals surface area contributed by atoms with Crippen LogP contribution in [-0.4, -0.2) is 27.3 Å². The van der Waals surface area contributed by atoms with E-state index in [0.29, 0.717) is 6.54 Å². The SMILES string of the molecule is CCN(Cc1ccccc1)C(=O)[C@H]1CCc2nc(C)[nH]c2C1. The number of hydrogen-bond donors (Lipinski definition) is 1. The summed E-state index contributed by atoms with van der Waals surface area (Å²) in [5.74, 6) is 1.30. The van der Waals surface area contributed by atoms with E-state index in [-0.39, 0.29) is 11.8 Å². The predicted octanol–water partition coefficient (Wildman–Crippen LogP) is 2.87. The third kappa shape index (κ3) is 3.06. The van der Waals surface area contributed by atoms with Crippen molar-refractivity contribution >= 4 is 5.91 Å². The first kappa shape index (κ1) is 14.8. The Hall–Kier alpha value is -2.10. The van der Waals surface area contributed by atoms with Crippen molar-refractivity contribution in [2.24, 2.45) is 5.92 Å². The van der Waals surface area contributed by atoms with E-state index in [0.717, 1.165) is 43.0 Å². The van der Waals surface area contributed by atoms with Crippen LogP contribution in [0.15, 0.2) is 30.3 Å². The lowest BCUT2D eigenvalue weighted by Crippen LogP contribution is -2.38. The molecule has 0 radical (unpaired) electrons. The van der Waals surface area contributed by atoms with Gasteiger partial charge in [-0.1, -0.05) is 30.3 Å². The molecule has 22 heavy (non-hydrogen) atoms. The van der Waals surface area contributed by atoms with E-state index in [1.165, 1.54) is 5.56 Å². The van der Waals surface area contributed by atoms with E-state index < -0.39 is 0 Å². The van der Waals surface area contributed by atoms with Crippen LogP contribution in [0.2, 0.25) is 0 Å². The molecule has 1 amide bonds. The van der Waals surface area contributed by atoms with Crippen molar-refractivity contribution in [3.8, 4) is 0 Å². The van der Waals surface area contributed by atoms with Gasteiger partial charge in [0.15, 0.2) is 0 Å². The Balaban J connectivity index is 1.70. The van der Waals surface area contributed by atoms with Gasteiger partial charge in [-0.2, -0.15) is 0 Å². The smallest absolute Gasteiger partial charge is 0.226 e. The van der Waals surface area contributed by atoms with Gasteiger partial charge in [0, 0.05) is 31.1 Å². The number of rotatable bonds is 4. The molecule has 1 aliphatic carbocycles. The van der Waals surface area contributed by atoms with Gasteiger partial charge >= 0.3 is 0 Å². The monoisotopic (exact) mass is 297 g/mol. The van der Waals surface area contributed by atoms with Gasteiger partial charge in [-0.3, -0.25) is 4.79 Å². The average molecular weight is 297 g/mol. The lowest BCUT2D eigenvalue weighted by molar-refractivity contribution is -0.136. The summed E-state index contributed by atoms with van der Waals surface area (Å²) in [5, 5.41) is 0. The number of amides is 1. The fourth-order valence-corrected chi connectivity index (χ4v) is 3.24. The molecule has 1 aliphatic rings. The van der Waals surface area contributed by atoms with Crippen LogP contribution in [0.25, 0.3) is 0 Å². The summed E-state index contributed by atoms with van der Waals surface area (Å²) in [4.78, 5) is 22.6. The summed E-state index contributed by atoms with van der Waals surface area (Å²) in [6.07, 6.45) is 2.60. The zero-order valence-corrected chi connectivity index (χ0v) is 13.3. The van der Waals surface area contributed by atoms with Crippen LogP contribution in [-0.2, 0) is 24.2 Å². The molecular formula is C18H23N3O. The second-order valence-corrected chi connectivity index (χ2v) is 6.03. The molecule has 1 aromatic carbocycles. The maximum atomic E-state index is 12.8. The first-order valence-corrected chi connectivity index (χ1v) is 8.04. The minimum Gasteiger partial charge on any atom is -0.346 e. The highest BCUT2D eigenvalue weighted by Crippen LogP contribution is 2.25. The maximum Gasteiger partial charge on any atom is 0.226 e. The molecule has 0 saturated heterocycles. The molecule has 4 heteroatoms. The maximum absolute atomic E-state index is 12.8. The average Bonchev–Trinajstić information content (AvgIpc) is 2.92. The molecule has 0 aliphatic heterocycles. The Labute approximate surface area is 131 Å². The highest BCUT2D eigenvalue weighted by atomic mass is 16.2. The number of benzene rings is 1. The van der Waals surface area contributed by atoms with E-state index in [2.05, 4.69) is 29.0 Å². The van der Waals surface area contributed by atoms with Crippen molar-refractivity contribution in [2.45, 2.75) is 39.7 Å². The molecule has 0 fully saturated rings. The summed E-state index contributed by atoms with van der Waals surface area (Å²) in [7, 11) is 0. The van der Waals surface area contributed by atoms with Gasteiger partial charge in [-0.05, 0) is 32.3 Å². The molecule has 1 N–H and O–H groups in total. The number of fused-ring (bicyclic) bond motifs is 1. The Morgan fingerprint density at radius 1 is 1.36 bits per heavy atom. The number of imidazole rings is 1. The number of aromatic nitrogens is 2. The molecule has 0 unspecified atom stereocenters. The van der Waals surface area contributed by atoms with E-state index in [1.807, 2.05) is 30.0 Å². The second-order valence-electron chi connectivity index (χ2n) is 6.03. The van der Waals surface area contributed by atoms with Gasteiger partial charge in [0.1, 0.15) is 5.82 Å². The molecule has 0 spiro atoms. The largest absolute Gasteiger partial charge is 0.346 e. The molecule has 2 aromatic rings. The summed E-state index contributed by atoms with van der Waals surface area (Å²) in [5.41, 5.74) is 3.48. The quantitative estimate of drug-likeness (QED) is 0.943. The van der Waals surface area contributed by atoms with Crippen LogP contribution in [0.1, 0.15) is 36.1 Å². The lowest BCUT2D eigenvalue weighted by Gasteiger charge is -2.28. The third-order valence-corrected chi connectivity index (χ3v) is 4.42. The van der Waals surface area contributed by atoms with Crippen molar-refractivity contribution in [1.82, 2.24) is 14.9 Å². The van der Waals surface area contributed by atoms with Gasteiger partial charge in [-0.15, -0.1) is 0 Å². The summed E-state index contributed by atoms with van der Waals surface area (Å²) >= 11 is 0. The van der Waals surface area contributed by atoms with Crippen LogP contribution in [0.4, 0.5) is 0 Å². The van der Waals surface area contributed by atoms with Gasteiger partial charge in [0.2, 0.25) is 5.91 Å². The van der Waals surface area contributed by atoms with Crippen molar-refractivity contribution < 1.29 is 4.79 Å².